The highest BCUT2D eigenvalue weighted by molar-refractivity contribution is 7.86. The van der Waals surface area contributed by atoms with E-state index in [4.69, 9.17) is 13.7 Å². The predicted octanol–water partition coefficient (Wildman–Crippen LogP) is 2.99. The fourth-order valence-electron chi connectivity index (χ4n) is 3.90. The number of hydrogen-bond donors (Lipinski definition) is 1. The lowest BCUT2D eigenvalue weighted by molar-refractivity contribution is -0.123. The second kappa shape index (κ2) is 13.4. The summed E-state index contributed by atoms with van der Waals surface area (Å²) >= 11 is 0. The van der Waals surface area contributed by atoms with Gasteiger partial charge in [-0.3, -0.25) is 13.8 Å². The fraction of sp³-hybridized carbons (Fsp3) is 0.462. The minimum atomic E-state index is -3.74. The molecule has 0 aliphatic carbocycles. The average Bonchev–Trinajstić information content (AvgIpc) is 2.86. The largest absolute Gasteiger partial charge is 0.484 e. The number of hydrogen-bond acceptors (Lipinski definition) is 7. The van der Waals surface area contributed by atoms with E-state index in [0.717, 1.165) is 29.7 Å². The lowest BCUT2D eigenvalue weighted by Crippen LogP contribution is -2.37. The van der Waals surface area contributed by atoms with Gasteiger partial charge in [-0.2, -0.15) is 8.42 Å². The van der Waals surface area contributed by atoms with Gasteiger partial charge in [-0.05, 0) is 74.9 Å². The Kier molecular flexibility index (Phi) is 10.3. The van der Waals surface area contributed by atoms with Crippen molar-refractivity contribution in [2.75, 3.05) is 44.9 Å². The summed E-state index contributed by atoms with van der Waals surface area (Å²) in [6.45, 7) is 3.04. The number of rotatable bonds is 13. The van der Waals surface area contributed by atoms with E-state index in [0.29, 0.717) is 38.1 Å². The topological polar surface area (TPSA) is 111 Å². The van der Waals surface area contributed by atoms with Crippen LogP contribution in [0.3, 0.4) is 0 Å². The Morgan fingerprint density at radius 2 is 1.81 bits per heavy atom. The normalized spacial score (nSPS) is 13.2. The van der Waals surface area contributed by atoms with Gasteiger partial charge in [0.1, 0.15) is 12.4 Å². The number of carbonyl (C=O) groups is 2. The van der Waals surface area contributed by atoms with E-state index in [1.165, 1.54) is 19.2 Å². The number of methoxy groups -OCH3 is 1. The van der Waals surface area contributed by atoms with Crippen molar-refractivity contribution in [2.24, 2.45) is 0 Å². The molecule has 2 amide bonds. The summed E-state index contributed by atoms with van der Waals surface area (Å²) in [5.41, 5.74) is 2.85. The van der Waals surface area contributed by atoms with Crippen LogP contribution in [0, 0.1) is 6.92 Å². The van der Waals surface area contributed by atoms with Gasteiger partial charge in [0.2, 0.25) is 0 Å². The Bertz CT molecular complexity index is 1130. The number of unbranched alkanes of at least 4 members (excludes halogenated alkanes) is 2. The van der Waals surface area contributed by atoms with Gasteiger partial charge >= 0.3 is 0 Å². The molecule has 0 unspecified atom stereocenters. The molecule has 0 spiro atoms. The van der Waals surface area contributed by atoms with Crippen LogP contribution in [-0.4, -0.2) is 60.3 Å². The van der Waals surface area contributed by atoms with Crippen LogP contribution in [0.2, 0.25) is 0 Å². The Hall–Kier alpha value is -2.95. The quantitative estimate of drug-likeness (QED) is 0.321. The maximum atomic E-state index is 12.2. The number of ether oxygens (including phenoxy) is 2. The first-order valence-electron chi connectivity index (χ1n) is 12.1. The van der Waals surface area contributed by atoms with Crippen LogP contribution >= 0.6 is 0 Å². The van der Waals surface area contributed by atoms with Gasteiger partial charge in [0.05, 0.1) is 11.5 Å². The molecular formula is C26H34N2O7S. The lowest BCUT2D eigenvalue weighted by atomic mass is 10.0. The van der Waals surface area contributed by atoms with Gasteiger partial charge in [0.15, 0.2) is 6.61 Å². The van der Waals surface area contributed by atoms with Crippen molar-refractivity contribution in [3.63, 3.8) is 0 Å². The van der Waals surface area contributed by atoms with E-state index in [1.807, 2.05) is 19.1 Å². The highest BCUT2D eigenvalue weighted by Crippen LogP contribution is 2.30. The number of fused-ring (bicyclic) bond motifs is 1. The smallest absolute Gasteiger partial charge is 0.296 e. The number of nitrogens with zero attached hydrogens (tertiary/aromatic N) is 1. The highest BCUT2D eigenvalue weighted by atomic mass is 32.2. The Balaban J connectivity index is 1.32. The summed E-state index contributed by atoms with van der Waals surface area (Å²) in [6, 6.07) is 12.0. The molecule has 36 heavy (non-hydrogen) atoms. The standard InChI is InChI=1S/C26H34N2O7S/c1-20-8-11-23(12-9-20)36(31,32)35-16-5-3-4-14-27-25(29)18-34-22-10-13-24-21(17-22)7-6-15-28(24)26(30)19-33-2/h8-13,17H,3-7,14-16,18-19H2,1-2H3,(H,27,29). The van der Waals surface area contributed by atoms with E-state index in [2.05, 4.69) is 5.32 Å². The highest BCUT2D eigenvalue weighted by Gasteiger charge is 2.22. The molecule has 0 radical (unpaired) electrons. The zero-order valence-corrected chi connectivity index (χ0v) is 21.6. The zero-order valence-electron chi connectivity index (χ0n) is 20.8. The van der Waals surface area contributed by atoms with Crippen molar-refractivity contribution in [2.45, 2.75) is 43.9 Å². The molecule has 3 rings (SSSR count). The van der Waals surface area contributed by atoms with Crippen LogP contribution in [0.4, 0.5) is 5.69 Å². The number of nitrogens with one attached hydrogen (secondary N) is 1. The molecule has 2 aromatic rings. The summed E-state index contributed by atoms with van der Waals surface area (Å²) in [7, 11) is -2.24. The Labute approximate surface area is 212 Å². The van der Waals surface area contributed by atoms with Crippen molar-refractivity contribution in [1.82, 2.24) is 5.32 Å². The maximum absolute atomic E-state index is 12.2. The number of benzene rings is 2. The van der Waals surface area contributed by atoms with Gasteiger partial charge in [0.25, 0.3) is 21.9 Å². The van der Waals surface area contributed by atoms with Crippen LogP contribution in [0.5, 0.6) is 5.75 Å². The van der Waals surface area contributed by atoms with Crippen molar-refractivity contribution in [3.05, 3.63) is 53.6 Å². The molecule has 1 heterocycles. The van der Waals surface area contributed by atoms with E-state index in [-0.39, 0.29) is 36.5 Å². The molecule has 0 bridgehead atoms. The van der Waals surface area contributed by atoms with Gasteiger partial charge in [-0.25, -0.2) is 0 Å². The van der Waals surface area contributed by atoms with E-state index < -0.39 is 10.1 Å². The van der Waals surface area contributed by atoms with Gasteiger partial charge in [0, 0.05) is 25.9 Å². The van der Waals surface area contributed by atoms with Crippen LogP contribution in [-0.2, 0) is 35.0 Å². The van der Waals surface area contributed by atoms with E-state index in [9.17, 15) is 18.0 Å². The minimum Gasteiger partial charge on any atom is -0.484 e. The van der Waals surface area contributed by atoms with Crippen molar-refractivity contribution in [1.29, 1.82) is 0 Å². The zero-order chi connectivity index (χ0) is 26.0. The molecule has 196 valence electrons. The lowest BCUT2D eigenvalue weighted by Gasteiger charge is -2.29. The molecule has 9 nitrogen and oxygen atoms in total. The molecule has 0 saturated heterocycles. The molecule has 10 heteroatoms. The summed E-state index contributed by atoms with van der Waals surface area (Å²) in [4.78, 5) is 26.2. The summed E-state index contributed by atoms with van der Waals surface area (Å²) in [5, 5.41) is 2.80. The van der Waals surface area contributed by atoms with Crippen molar-refractivity contribution in [3.8, 4) is 5.75 Å². The predicted molar refractivity (Wildman–Crippen MR) is 136 cm³/mol. The van der Waals surface area contributed by atoms with Crippen LogP contribution < -0.4 is 15.0 Å². The van der Waals surface area contributed by atoms with E-state index >= 15 is 0 Å². The maximum Gasteiger partial charge on any atom is 0.296 e. The molecule has 1 aliphatic heterocycles. The van der Waals surface area contributed by atoms with Crippen molar-refractivity contribution >= 4 is 27.6 Å². The number of aryl methyl sites for hydroxylation is 2. The molecule has 0 saturated carbocycles. The number of amides is 2. The SMILES string of the molecule is COCC(=O)N1CCCc2cc(OCC(=O)NCCCCCOS(=O)(=O)c3ccc(C)cc3)ccc21. The molecule has 1 aliphatic rings. The third kappa shape index (κ3) is 8.04. The van der Waals surface area contributed by atoms with Gasteiger partial charge < -0.3 is 19.7 Å². The molecule has 1 N–H and O–H groups in total. The first kappa shape index (κ1) is 27.6. The van der Waals surface area contributed by atoms with E-state index in [1.54, 1.807) is 23.1 Å². The molecule has 0 fully saturated rings. The monoisotopic (exact) mass is 518 g/mol. The molecule has 2 aromatic carbocycles. The first-order chi connectivity index (χ1) is 17.3. The third-order valence-corrected chi connectivity index (χ3v) is 7.13. The first-order valence-corrected chi connectivity index (χ1v) is 13.5. The third-order valence-electron chi connectivity index (χ3n) is 5.80. The second-order valence-corrected chi connectivity index (χ2v) is 10.3. The Morgan fingerprint density at radius 1 is 1.03 bits per heavy atom. The number of carbonyl (C=O) groups excluding carboxylic acids is 2. The van der Waals surface area contributed by atoms with Crippen molar-refractivity contribution < 1.29 is 31.7 Å². The van der Waals surface area contributed by atoms with Crippen LogP contribution in [0.25, 0.3) is 0 Å². The van der Waals surface area contributed by atoms with Gasteiger partial charge in [-0.1, -0.05) is 17.7 Å². The summed E-state index contributed by atoms with van der Waals surface area (Å²) < 4.78 is 40.0. The average molecular weight is 519 g/mol. The van der Waals surface area contributed by atoms with Crippen LogP contribution in [0.15, 0.2) is 47.4 Å². The number of anilines is 1. The Morgan fingerprint density at radius 3 is 2.56 bits per heavy atom. The minimum absolute atomic E-state index is 0.0391. The van der Waals surface area contributed by atoms with Gasteiger partial charge in [-0.15, -0.1) is 0 Å². The van der Waals surface area contributed by atoms with Crippen LogP contribution in [0.1, 0.15) is 36.8 Å². The molecule has 0 aromatic heterocycles. The molecule has 0 atom stereocenters. The second-order valence-electron chi connectivity index (χ2n) is 8.66. The summed E-state index contributed by atoms with van der Waals surface area (Å²) in [5.74, 6) is 0.269. The fourth-order valence-corrected chi connectivity index (χ4v) is 4.84. The summed E-state index contributed by atoms with van der Waals surface area (Å²) in [6.07, 6.45) is 3.68. The molecular weight excluding hydrogens is 484 g/mol.